The van der Waals surface area contributed by atoms with Crippen molar-refractivity contribution >= 4 is 17.7 Å². The maximum atomic E-state index is 14.0. The molecule has 2 amide bonds. The van der Waals surface area contributed by atoms with Gasteiger partial charge in [-0.15, -0.1) is 0 Å². The fraction of sp³-hybridized carbons (Fsp3) is 0.619. The molecule has 1 fully saturated rings. The smallest absolute Gasteiger partial charge is 0.408 e. The number of nitrogens with zero attached hydrogens (tertiary/aromatic N) is 2. The van der Waals surface area contributed by atoms with E-state index in [1.807, 2.05) is 18.7 Å². The highest BCUT2D eigenvalue weighted by Crippen LogP contribution is 2.21. The van der Waals surface area contributed by atoms with Gasteiger partial charge in [-0.05, 0) is 38.8 Å². The number of benzene rings is 1. The van der Waals surface area contributed by atoms with Crippen LogP contribution < -0.4 is 10.2 Å². The van der Waals surface area contributed by atoms with E-state index >= 15 is 0 Å². The van der Waals surface area contributed by atoms with Gasteiger partial charge >= 0.3 is 6.09 Å². The molecule has 1 saturated heterocycles. The van der Waals surface area contributed by atoms with Gasteiger partial charge in [-0.25, -0.2) is 9.18 Å². The molecule has 1 aromatic carbocycles. The number of halogens is 1. The van der Waals surface area contributed by atoms with Gasteiger partial charge in [0.25, 0.3) is 0 Å². The van der Waals surface area contributed by atoms with E-state index in [0.717, 1.165) is 6.42 Å². The molecule has 0 spiro atoms. The number of ether oxygens (including phenoxy) is 1. The van der Waals surface area contributed by atoms with E-state index in [4.69, 9.17) is 4.74 Å². The number of para-hydroxylation sites is 1. The lowest BCUT2D eigenvalue weighted by atomic mass is 9.97. The largest absolute Gasteiger partial charge is 0.444 e. The third kappa shape index (κ3) is 5.84. The lowest BCUT2D eigenvalue weighted by molar-refractivity contribution is -0.135. The molecule has 0 radical (unpaired) electrons. The summed E-state index contributed by atoms with van der Waals surface area (Å²) in [5.41, 5.74) is -0.0710. The van der Waals surface area contributed by atoms with E-state index in [0.29, 0.717) is 31.9 Å². The Labute approximate surface area is 167 Å². The Balaban J connectivity index is 2.01. The number of piperazine rings is 1. The van der Waals surface area contributed by atoms with Crippen molar-refractivity contribution in [2.24, 2.45) is 5.92 Å². The molecule has 28 heavy (non-hydrogen) atoms. The van der Waals surface area contributed by atoms with E-state index in [-0.39, 0.29) is 17.6 Å². The number of nitrogens with one attached hydrogen (secondary N) is 1. The van der Waals surface area contributed by atoms with E-state index in [1.54, 1.807) is 43.9 Å². The number of alkyl carbamates (subject to hydrolysis) is 1. The zero-order valence-electron chi connectivity index (χ0n) is 17.5. The van der Waals surface area contributed by atoms with E-state index in [2.05, 4.69) is 5.32 Å². The molecule has 0 aliphatic carbocycles. The molecule has 2 unspecified atom stereocenters. The van der Waals surface area contributed by atoms with Crippen molar-refractivity contribution in [1.29, 1.82) is 0 Å². The number of anilines is 1. The first-order valence-electron chi connectivity index (χ1n) is 9.90. The van der Waals surface area contributed by atoms with E-state index < -0.39 is 17.7 Å². The molecule has 1 heterocycles. The second kappa shape index (κ2) is 9.26. The summed E-state index contributed by atoms with van der Waals surface area (Å²) >= 11 is 0. The van der Waals surface area contributed by atoms with Crippen molar-refractivity contribution in [3.63, 3.8) is 0 Å². The standard InChI is InChI=1S/C21H32FN3O3/c1-6-15(2)18(23-20(27)28-21(3,4)5)19(26)25-13-11-24(12-14-25)17-10-8-7-9-16(17)22/h7-10,15,18H,6,11-14H2,1-5H3,(H,23,27). The molecule has 1 aromatic rings. The average Bonchev–Trinajstić information content (AvgIpc) is 2.64. The molecule has 0 bridgehead atoms. The summed E-state index contributed by atoms with van der Waals surface area (Å²) in [5, 5.41) is 2.75. The minimum atomic E-state index is -0.639. The van der Waals surface area contributed by atoms with Crippen molar-refractivity contribution in [1.82, 2.24) is 10.2 Å². The van der Waals surface area contributed by atoms with Crippen LogP contribution in [0.2, 0.25) is 0 Å². The third-order valence-electron chi connectivity index (χ3n) is 4.94. The molecule has 0 saturated carbocycles. The van der Waals surface area contributed by atoms with Gasteiger partial charge in [-0.1, -0.05) is 32.4 Å². The van der Waals surface area contributed by atoms with Crippen molar-refractivity contribution < 1.29 is 18.7 Å². The second-order valence-corrected chi connectivity index (χ2v) is 8.27. The van der Waals surface area contributed by atoms with Gasteiger partial charge in [0.2, 0.25) is 5.91 Å². The zero-order chi connectivity index (χ0) is 20.9. The fourth-order valence-electron chi connectivity index (χ4n) is 3.19. The van der Waals surface area contributed by atoms with Crippen LogP contribution in [0.5, 0.6) is 0 Å². The van der Waals surface area contributed by atoms with Crippen LogP contribution in [0.3, 0.4) is 0 Å². The second-order valence-electron chi connectivity index (χ2n) is 8.27. The Kier molecular flexibility index (Phi) is 7.27. The third-order valence-corrected chi connectivity index (χ3v) is 4.94. The molecule has 1 aliphatic rings. The van der Waals surface area contributed by atoms with Gasteiger partial charge in [0.1, 0.15) is 17.5 Å². The molecule has 6 nitrogen and oxygen atoms in total. The minimum Gasteiger partial charge on any atom is -0.444 e. The summed E-state index contributed by atoms with van der Waals surface area (Å²) in [7, 11) is 0. The fourth-order valence-corrected chi connectivity index (χ4v) is 3.19. The van der Waals surface area contributed by atoms with Crippen LogP contribution in [-0.4, -0.2) is 54.7 Å². The van der Waals surface area contributed by atoms with Gasteiger partial charge < -0.3 is 19.9 Å². The Hall–Kier alpha value is -2.31. The lowest BCUT2D eigenvalue weighted by Crippen LogP contribution is -2.57. The number of amides is 2. The summed E-state index contributed by atoms with van der Waals surface area (Å²) in [5.74, 6) is -0.399. The first-order chi connectivity index (χ1) is 13.1. The maximum Gasteiger partial charge on any atom is 0.408 e. The van der Waals surface area contributed by atoms with Crippen LogP contribution in [0.1, 0.15) is 41.0 Å². The highest BCUT2D eigenvalue weighted by molar-refractivity contribution is 5.86. The Morgan fingerprint density at radius 1 is 1.18 bits per heavy atom. The molecule has 1 N–H and O–H groups in total. The van der Waals surface area contributed by atoms with Crippen LogP contribution >= 0.6 is 0 Å². The lowest BCUT2D eigenvalue weighted by Gasteiger charge is -2.38. The predicted octanol–water partition coefficient (Wildman–Crippen LogP) is 3.41. The monoisotopic (exact) mass is 393 g/mol. The molecule has 7 heteroatoms. The van der Waals surface area contributed by atoms with Gasteiger partial charge in [0, 0.05) is 26.2 Å². The molecule has 2 atom stereocenters. The maximum absolute atomic E-state index is 14.0. The Morgan fingerprint density at radius 3 is 2.32 bits per heavy atom. The van der Waals surface area contributed by atoms with Crippen LogP contribution in [0.25, 0.3) is 0 Å². The van der Waals surface area contributed by atoms with E-state index in [9.17, 15) is 14.0 Å². The summed E-state index contributed by atoms with van der Waals surface area (Å²) in [4.78, 5) is 29.0. The van der Waals surface area contributed by atoms with Gasteiger partial charge in [0.15, 0.2) is 0 Å². The summed E-state index contributed by atoms with van der Waals surface area (Å²) in [6.07, 6.45) is 0.164. The molecular weight excluding hydrogens is 361 g/mol. The number of carbonyl (C=O) groups is 2. The number of rotatable bonds is 5. The van der Waals surface area contributed by atoms with Crippen molar-refractivity contribution in [2.45, 2.75) is 52.7 Å². The summed E-state index contributed by atoms with van der Waals surface area (Å²) in [6.45, 7) is 11.3. The SMILES string of the molecule is CCC(C)C(NC(=O)OC(C)(C)C)C(=O)N1CCN(c2ccccc2F)CC1. The first kappa shape index (κ1) is 22.0. The summed E-state index contributed by atoms with van der Waals surface area (Å²) < 4.78 is 19.3. The topological polar surface area (TPSA) is 61.9 Å². The van der Waals surface area contributed by atoms with Crippen LogP contribution in [0.15, 0.2) is 24.3 Å². The van der Waals surface area contributed by atoms with Crippen molar-refractivity contribution in [2.75, 3.05) is 31.1 Å². The molecule has 1 aliphatic heterocycles. The Bertz CT molecular complexity index is 682. The number of hydrogen-bond donors (Lipinski definition) is 1. The van der Waals surface area contributed by atoms with Crippen LogP contribution in [-0.2, 0) is 9.53 Å². The van der Waals surface area contributed by atoms with Gasteiger partial charge in [0.05, 0.1) is 5.69 Å². The molecule has 2 rings (SSSR count). The highest BCUT2D eigenvalue weighted by Gasteiger charge is 2.33. The first-order valence-corrected chi connectivity index (χ1v) is 9.90. The van der Waals surface area contributed by atoms with E-state index in [1.165, 1.54) is 6.07 Å². The average molecular weight is 394 g/mol. The van der Waals surface area contributed by atoms with Crippen molar-refractivity contribution in [3.05, 3.63) is 30.1 Å². The van der Waals surface area contributed by atoms with Gasteiger partial charge in [-0.2, -0.15) is 0 Å². The quantitative estimate of drug-likeness (QED) is 0.833. The summed E-state index contributed by atoms with van der Waals surface area (Å²) in [6, 6.07) is 6.02. The van der Waals surface area contributed by atoms with Gasteiger partial charge in [-0.3, -0.25) is 4.79 Å². The van der Waals surface area contributed by atoms with Crippen LogP contribution in [0, 0.1) is 11.7 Å². The normalized spacial score (nSPS) is 17.1. The zero-order valence-corrected chi connectivity index (χ0v) is 17.5. The molecule has 156 valence electrons. The molecule has 0 aromatic heterocycles. The number of hydrogen-bond acceptors (Lipinski definition) is 4. The Morgan fingerprint density at radius 2 is 1.79 bits per heavy atom. The number of carbonyl (C=O) groups excluding carboxylic acids is 2. The molecular formula is C21H32FN3O3. The predicted molar refractivity (Wildman–Crippen MR) is 108 cm³/mol. The highest BCUT2D eigenvalue weighted by atomic mass is 19.1. The van der Waals surface area contributed by atoms with Crippen LogP contribution in [0.4, 0.5) is 14.9 Å². The van der Waals surface area contributed by atoms with Crippen molar-refractivity contribution in [3.8, 4) is 0 Å². The minimum absolute atomic E-state index is 0.0235.